The molecule has 0 aromatic carbocycles. The summed E-state index contributed by atoms with van der Waals surface area (Å²) in [5.74, 6) is 1.16. The fraction of sp³-hybridized carbons (Fsp3) is 0.688. The van der Waals surface area contributed by atoms with E-state index in [1.54, 1.807) is 0 Å². The Morgan fingerprint density at radius 2 is 2.32 bits per heavy atom. The van der Waals surface area contributed by atoms with Gasteiger partial charge >= 0.3 is 0 Å². The highest BCUT2D eigenvalue weighted by molar-refractivity contribution is 5.44. The molecule has 1 saturated heterocycles. The minimum Gasteiger partial charge on any atom is -0.354 e. The van der Waals surface area contributed by atoms with E-state index < -0.39 is 0 Å². The lowest BCUT2D eigenvalue weighted by atomic mass is 10.1. The van der Waals surface area contributed by atoms with E-state index in [-0.39, 0.29) is 0 Å². The van der Waals surface area contributed by atoms with Crippen molar-refractivity contribution in [1.29, 1.82) is 0 Å². The van der Waals surface area contributed by atoms with Crippen LogP contribution in [0.2, 0.25) is 0 Å². The number of nitrogens with zero attached hydrogens (tertiary/aromatic N) is 2. The van der Waals surface area contributed by atoms with Crippen LogP contribution in [-0.2, 0) is 0 Å². The molecule has 3 nitrogen and oxygen atoms in total. The maximum absolute atomic E-state index is 4.58. The van der Waals surface area contributed by atoms with Crippen LogP contribution in [0, 0.1) is 0 Å². The van der Waals surface area contributed by atoms with E-state index in [9.17, 15) is 0 Å². The third kappa shape index (κ3) is 3.47. The molecule has 2 heterocycles. The van der Waals surface area contributed by atoms with Gasteiger partial charge in [0, 0.05) is 24.8 Å². The van der Waals surface area contributed by atoms with Gasteiger partial charge in [-0.05, 0) is 56.8 Å². The number of rotatable bonds is 6. The highest BCUT2D eigenvalue weighted by Crippen LogP contribution is 2.27. The highest BCUT2D eigenvalue weighted by atomic mass is 15.2. The van der Waals surface area contributed by atoms with Crippen molar-refractivity contribution in [3.05, 3.63) is 23.9 Å². The SMILES string of the molecule is CCCNC(C)c1ccnc(N2CCCC2CC)c1. The Morgan fingerprint density at radius 3 is 3.05 bits per heavy atom. The Morgan fingerprint density at radius 1 is 1.47 bits per heavy atom. The standard InChI is InChI=1S/C16H27N3/c1-4-9-17-13(3)14-8-10-18-16(12-14)19-11-6-7-15(19)5-2/h8,10,12-13,15,17H,4-7,9,11H2,1-3H3. The quantitative estimate of drug-likeness (QED) is 0.849. The summed E-state index contributed by atoms with van der Waals surface area (Å²) in [6, 6.07) is 5.49. The van der Waals surface area contributed by atoms with Gasteiger partial charge in [0.1, 0.15) is 5.82 Å². The minimum atomic E-state index is 0.407. The highest BCUT2D eigenvalue weighted by Gasteiger charge is 2.24. The van der Waals surface area contributed by atoms with Crippen molar-refractivity contribution < 1.29 is 0 Å². The Bertz CT molecular complexity index is 391. The summed E-state index contributed by atoms with van der Waals surface area (Å²) in [4.78, 5) is 7.06. The van der Waals surface area contributed by atoms with Crippen LogP contribution in [-0.4, -0.2) is 24.1 Å². The van der Waals surface area contributed by atoms with E-state index >= 15 is 0 Å². The first-order valence-electron chi connectivity index (χ1n) is 7.72. The van der Waals surface area contributed by atoms with Crippen molar-refractivity contribution in [2.45, 2.75) is 58.5 Å². The molecule has 0 radical (unpaired) electrons. The molecule has 0 spiro atoms. The molecule has 1 N–H and O–H groups in total. The summed E-state index contributed by atoms with van der Waals surface area (Å²) < 4.78 is 0. The average molecular weight is 261 g/mol. The largest absolute Gasteiger partial charge is 0.354 e. The molecule has 106 valence electrons. The van der Waals surface area contributed by atoms with E-state index in [1.165, 1.54) is 31.2 Å². The van der Waals surface area contributed by atoms with Gasteiger partial charge in [-0.3, -0.25) is 0 Å². The monoisotopic (exact) mass is 261 g/mol. The Labute approximate surface area is 117 Å². The van der Waals surface area contributed by atoms with Gasteiger partial charge in [0.2, 0.25) is 0 Å². The molecule has 1 fully saturated rings. The Hall–Kier alpha value is -1.09. The van der Waals surface area contributed by atoms with Crippen LogP contribution in [0.4, 0.5) is 5.82 Å². The van der Waals surface area contributed by atoms with E-state index in [0.29, 0.717) is 12.1 Å². The summed E-state index contributed by atoms with van der Waals surface area (Å²) >= 11 is 0. The van der Waals surface area contributed by atoms with Crippen molar-refractivity contribution in [3.63, 3.8) is 0 Å². The van der Waals surface area contributed by atoms with Crippen molar-refractivity contribution in [1.82, 2.24) is 10.3 Å². The summed E-state index contributed by atoms with van der Waals surface area (Å²) in [5, 5.41) is 3.55. The molecule has 1 aliphatic rings. The van der Waals surface area contributed by atoms with Crippen LogP contribution >= 0.6 is 0 Å². The van der Waals surface area contributed by atoms with Gasteiger partial charge in [0.25, 0.3) is 0 Å². The topological polar surface area (TPSA) is 28.2 Å². The van der Waals surface area contributed by atoms with Gasteiger partial charge in [-0.2, -0.15) is 0 Å². The van der Waals surface area contributed by atoms with Crippen LogP contribution in [0.3, 0.4) is 0 Å². The lowest BCUT2D eigenvalue weighted by Crippen LogP contribution is -2.29. The maximum atomic E-state index is 4.58. The summed E-state index contributed by atoms with van der Waals surface area (Å²) in [5.41, 5.74) is 1.35. The molecule has 0 bridgehead atoms. The number of nitrogens with one attached hydrogen (secondary N) is 1. The Kier molecular flexibility index (Phi) is 5.20. The molecule has 2 rings (SSSR count). The third-order valence-corrected chi connectivity index (χ3v) is 4.11. The molecule has 1 aromatic rings. The number of pyridine rings is 1. The van der Waals surface area contributed by atoms with Gasteiger partial charge in [-0.25, -0.2) is 4.98 Å². The predicted octanol–water partition coefficient (Wildman–Crippen LogP) is 3.52. The van der Waals surface area contributed by atoms with E-state index in [0.717, 1.165) is 18.9 Å². The van der Waals surface area contributed by atoms with Crippen molar-refractivity contribution >= 4 is 5.82 Å². The second kappa shape index (κ2) is 6.90. The van der Waals surface area contributed by atoms with Gasteiger partial charge < -0.3 is 10.2 Å². The summed E-state index contributed by atoms with van der Waals surface area (Å²) in [6.45, 7) is 8.94. The molecule has 0 saturated carbocycles. The molecule has 1 aromatic heterocycles. The first-order valence-corrected chi connectivity index (χ1v) is 7.72. The molecule has 2 unspecified atom stereocenters. The van der Waals surface area contributed by atoms with Crippen molar-refractivity contribution in [3.8, 4) is 0 Å². The predicted molar refractivity (Wildman–Crippen MR) is 81.6 cm³/mol. The van der Waals surface area contributed by atoms with Crippen molar-refractivity contribution in [2.75, 3.05) is 18.0 Å². The normalized spacial score (nSPS) is 20.8. The van der Waals surface area contributed by atoms with Gasteiger partial charge in [-0.15, -0.1) is 0 Å². The zero-order chi connectivity index (χ0) is 13.7. The maximum Gasteiger partial charge on any atom is 0.129 e. The molecule has 2 atom stereocenters. The van der Waals surface area contributed by atoms with Gasteiger partial charge in [-0.1, -0.05) is 13.8 Å². The second-order valence-corrected chi connectivity index (χ2v) is 5.52. The molecule has 0 aliphatic carbocycles. The molecule has 0 amide bonds. The molecule has 1 aliphatic heterocycles. The number of hydrogen-bond acceptors (Lipinski definition) is 3. The third-order valence-electron chi connectivity index (χ3n) is 4.11. The smallest absolute Gasteiger partial charge is 0.129 e. The lowest BCUT2D eigenvalue weighted by molar-refractivity contribution is 0.569. The number of hydrogen-bond donors (Lipinski definition) is 1. The molecular weight excluding hydrogens is 234 g/mol. The average Bonchev–Trinajstić information content (AvgIpc) is 2.93. The first-order chi connectivity index (χ1) is 9.26. The number of anilines is 1. The molecule has 3 heteroatoms. The number of aromatic nitrogens is 1. The lowest BCUT2D eigenvalue weighted by Gasteiger charge is -2.25. The second-order valence-electron chi connectivity index (χ2n) is 5.52. The summed E-state index contributed by atoms with van der Waals surface area (Å²) in [6.07, 6.45) is 6.96. The van der Waals surface area contributed by atoms with Crippen LogP contribution < -0.4 is 10.2 Å². The van der Waals surface area contributed by atoms with E-state index in [4.69, 9.17) is 0 Å². The molecular formula is C16H27N3. The first kappa shape index (κ1) is 14.3. The van der Waals surface area contributed by atoms with Crippen LogP contribution in [0.1, 0.15) is 58.1 Å². The summed E-state index contributed by atoms with van der Waals surface area (Å²) in [7, 11) is 0. The zero-order valence-corrected chi connectivity index (χ0v) is 12.5. The van der Waals surface area contributed by atoms with Crippen molar-refractivity contribution in [2.24, 2.45) is 0 Å². The molecule has 19 heavy (non-hydrogen) atoms. The van der Waals surface area contributed by atoms with Gasteiger partial charge in [0.05, 0.1) is 0 Å². The van der Waals surface area contributed by atoms with Crippen LogP contribution in [0.15, 0.2) is 18.3 Å². The Balaban J connectivity index is 2.10. The van der Waals surface area contributed by atoms with E-state index in [1.807, 2.05) is 6.20 Å². The van der Waals surface area contributed by atoms with Crippen LogP contribution in [0.5, 0.6) is 0 Å². The van der Waals surface area contributed by atoms with E-state index in [2.05, 4.69) is 48.1 Å². The van der Waals surface area contributed by atoms with Gasteiger partial charge in [0.15, 0.2) is 0 Å². The zero-order valence-electron chi connectivity index (χ0n) is 12.5. The van der Waals surface area contributed by atoms with Crippen LogP contribution in [0.25, 0.3) is 0 Å². The fourth-order valence-electron chi connectivity index (χ4n) is 2.90. The fourth-order valence-corrected chi connectivity index (χ4v) is 2.90. The minimum absolute atomic E-state index is 0.407.